The first kappa shape index (κ1) is 15.8. The molecule has 5 nitrogen and oxygen atoms in total. The molecule has 122 valence electrons. The Morgan fingerprint density at radius 1 is 1.17 bits per heavy atom. The van der Waals surface area contributed by atoms with E-state index < -0.39 is 12.5 Å². The van der Waals surface area contributed by atoms with Gasteiger partial charge in [0.05, 0.1) is 16.6 Å². The summed E-state index contributed by atoms with van der Waals surface area (Å²) in [4.78, 5) is 26.7. The van der Waals surface area contributed by atoms with E-state index in [1.165, 1.54) is 30.3 Å². The molecule has 0 N–H and O–H groups in total. The molecule has 2 aromatic carbocycles. The minimum absolute atomic E-state index is 0.0379. The molecule has 1 aromatic heterocycles. The largest absolute Gasteiger partial charge is 0.454 e. The number of halogens is 2. The fourth-order valence-electron chi connectivity index (χ4n) is 2.33. The second-order valence-electron chi connectivity index (χ2n) is 4.98. The fraction of sp³-hybridized carbons (Fsp3) is 0.118. The van der Waals surface area contributed by atoms with Crippen LogP contribution in [0.25, 0.3) is 11.0 Å². The number of alkyl halides is 2. The number of aldehydes is 1. The van der Waals surface area contributed by atoms with Gasteiger partial charge in [-0.3, -0.25) is 9.36 Å². The van der Waals surface area contributed by atoms with Gasteiger partial charge in [0, 0.05) is 5.56 Å². The number of para-hydroxylation sites is 2. The van der Waals surface area contributed by atoms with Crippen molar-refractivity contribution in [1.29, 1.82) is 0 Å². The smallest absolute Gasteiger partial charge is 0.338 e. The number of carbonyl (C=O) groups is 2. The predicted octanol–water partition coefficient (Wildman–Crippen LogP) is 3.60. The van der Waals surface area contributed by atoms with Gasteiger partial charge in [0.25, 0.3) is 0 Å². The first-order valence-electron chi connectivity index (χ1n) is 7.06. The van der Waals surface area contributed by atoms with Gasteiger partial charge >= 0.3 is 12.5 Å². The van der Waals surface area contributed by atoms with Gasteiger partial charge in [-0.1, -0.05) is 24.3 Å². The van der Waals surface area contributed by atoms with Gasteiger partial charge in [-0.25, -0.2) is 9.78 Å². The number of aromatic nitrogens is 2. The summed E-state index contributed by atoms with van der Waals surface area (Å²) in [7, 11) is 0. The van der Waals surface area contributed by atoms with E-state index in [9.17, 15) is 18.4 Å². The van der Waals surface area contributed by atoms with Gasteiger partial charge in [-0.05, 0) is 24.3 Å². The Morgan fingerprint density at radius 3 is 2.54 bits per heavy atom. The zero-order valence-corrected chi connectivity index (χ0v) is 12.4. The van der Waals surface area contributed by atoms with Gasteiger partial charge < -0.3 is 4.74 Å². The third kappa shape index (κ3) is 3.01. The maximum absolute atomic E-state index is 13.3. The molecule has 0 bridgehead atoms. The highest BCUT2D eigenvalue weighted by Gasteiger charge is 2.19. The molecule has 0 radical (unpaired) electrons. The molecule has 3 rings (SSSR count). The highest BCUT2D eigenvalue weighted by molar-refractivity contribution is 5.90. The summed E-state index contributed by atoms with van der Waals surface area (Å²) < 4.78 is 32.3. The van der Waals surface area contributed by atoms with Crippen LogP contribution >= 0.6 is 0 Å². The lowest BCUT2D eigenvalue weighted by molar-refractivity contribution is 0.0387. The van der Waals surface area contributed by atoms with Crippen LogP contribution < -0.4 is 0 Å². The number of esters is 1. The number of carbonyl (C=O) groups excluding carboxylic acids is 2. The summed E-state index contributed by atoms with van der Waals surface area (Å²) in [6.07, 6.45) is 0.653. The number of nitrogens with zero attached hydrogens (tertiary/aromatic N) is 2. The lowest BCUT2D eigenvalue weighted by Gasteiger charge is -2.08. The third-order valence-corrected chi connectivity index (χ3v) is 3.48. The van der Waals surface area contributed by atoms with Crippen molar-refractivity contribution in [3.8, 4) is 0 Å². The molecular weight excluding hydrogens is 318 g/mol. The van der Waals surface area contributed by atoms with Crippen molar-refractivity contribution in [3.63, 3.8) is 0 Å². The van der Waals surface area contributed by atoms with Crippen LogP contribution in [0.2, 0.25) is 0 Å². The van der Waals surface area contributed by atoms with Crippen LogP contribution in [0.5, 0.6) is 0 Å². The molecule has 3 aromatic rings. The maximum atomic E-state index is 13.3. The van der Waals surface area contributed by atoms with Crippen LogP contribution in [0, 0.1) is 0 Å². The van der Waals surface area contributed by atoms with Crippen molar-refractivity contribution in [1.82, 2.24) is 9.55 Å². The molecule has 0 amide bonds. The Balaban J connectivity index is 1.80. The molecule has 7 heteroatoms. The number of fused-ring (bicyclic) bond motifs is 1. The molecule has 0 saturated heterocycles. The van der Waals surface area contributed by atoms with E-state index in [0.29, 0.717) is 17.4 Å². The lowest BCUT2D eigenvalue weighted by atomic mass is 10.1. The van der Waals surface area contributed by atoms with E-state index in [1.807, 2.05) is 0 Å². The van der Waals surface area contributed by atoms with E-state index in [4.69, 9.17) is 4.74 Å². The lowest BCUT2D eigenvalue weighted by Crippen LogP contribution is -2.10. The fourth-order valence-corrected chi connectivity index (χ4v) is 2.33. The van der Waals surface area contributed by atoms with Crippen LogP contribution in [0.4, 0.5) is 8.78 Å². The summed E-state index contributed by atoms with van der Waals surface area (Å²) >= 11 is 0. The van der Waals surface area contributed by atoms with Crippen LogP contribution in [0.15, 0.2) is 48.5 Å². The minimum Gasteiger partial charge on any atom is -0.454 e. The Labute approximate surface area is 135 Å². The molecule has 0 aliphatic rings. The Hall–Kier alpha value is -3.09. The van der Waals surface area contributed by atoms with Crippen molar-refractivity contribution in [2.24, 2.45) is 0 Å². The Morgan fingerprint density at radius 2 is 1.88 bits per heavy atom. The third-order valence-electron chi connectivity index (χ3n) is 3.48. The van der Waals surface area contributed by atoms with E-state index in [-0.39, 0.29) is 23.5 Å². The van der Waals surface area contributed by atoms with E-state index in [2.05, 4.69) is 4.98 Å². The molecule has 24 heavy (non-hydrogen) atoms. The maximum Gasteiger partial charge on any atom is 0.338 e. The quantitative estimate of drug-likeness (QED) is 0.530. The van der Waals surface area contributed by atoms with Crippen molar-refractivity contribution in [2.75, 3.05) is 0 Å². The number of hydrogen-bond donors (Lipinski definition) is 0. The topological polar surface area (TPSA) is 61.2 Å². The average molecular weight is 330 g/mol. The standard InChI is InChI=1S/C17H12F2N2O3/c18-17(19)21-14-4-2-1-3-13(14)20-15(21)10-24-16(23)12-7-5-11(9-22)6-8-12/h1-9,17H,10H2. The summed E-state index contributed by atoms with van der Waals surface area (Å²) in [6.45, 7) is -3.18. The molecule has 0 atom stereocenters. The highest BCUT2D eigenvalue weighted by atomic mass is 19.3. The normalized spacial score (nSPS) is 11.0. The van der Waals surface area contributed by atoms with E-state index >= 15 is 0 Å². The molecule has 0 saturated carbocycles. The van der Waals surface area contributed by atoms with Crippen molar-refractivity contribution >= 4 is 23.3 Å². The highest BCUT2D eigenvalue weighted by Crippen LogP contribution is 2.23. The second kappa shape index (κ2) is 6.57. The summed E-state index contributed by atoms with van der Waals surface area (Å²) in [6, 6.07) is 12.3. The van der Waals surface area contributed by atoms with Gasteiger partial charge in [0.2, 0.25) is 0 Å². The molecule has 0 aliphatic heterocycles. The number of ether oxygens (including phenoxy) is 1. The summed E-state index contributed by atoms with van der Waals surface area (Å²) in [5.41, 5.74) is 1.32. The van der Waals surface area contributed by atoms with Gasteiger partial charge in [0.15, 0.2) is 5.82 Å². The summed E-state index contributed by atoms with van der Waals surface area (Å²) in [5, 5.41) is 0. The van der Waals surface area contributed by atoms with Gasteiger partial charge in [-0.2, -0.15) is 8.78 Å². The zero-order chi connectivity index (χ0) is 17.1. The minimum atomic E-state index is -2.79. The van der Waals surface area contributed by atoms with E-state index in [1.54, 1.807) is 18.2 Å². The Kier molecular flexibility index (Phi) is 4.33. The molecule has 0 aliphatic carbocycles. The number of rotatable bonds is 5. The molecule has 0 spiro atoms. The monoisotopic (exact) mass is 330 g/mol. The zero-order valence-electron chi connectivity index (χ0n) is 12.4. The van der Waals surface area contributed by atoms with E-state index in [0.717, 1.165) is 4.57 Å². The molecule has 0 fully saturated rings. The average Bonchev–Trinajstić information content (AvgIpc) is 2.98. The molecular formula is C17H12F2N2O3. The van der Waals surface area contributed by atoms with Crippen molar-refractivity contribution in [2.45, 2.75) is 13.2 Å². The SMILES string of the molecule is O=Cc1ccc(C(=O)OCc2nc3ccccc3n2C(F)F)cc1. The molecule has 0 unspecified atom stereocenters. The second-order valence-corrected chi connectivity index (χ2v) is 4.98. The predicted molar refractivity (Wildman–Crippen MR) is 81.9 cm³/mol. The van der Waals surface area contributed by atoms with Crippen LogP contribution in [-0.2, 0) is 11.3 Å². The first-order chi connectivity index (χ1) is 11.6. The Bertz CT molecular complexity index is 888. The van der Waals surface area contributed by atoms with Crippen LogP contribution in [0.1, 0.15) is 33.1 Å². The van der Waals surface area contributed by atoms with Crippen molar-refractivity contribution < 1.29 is 23.1 Å². The number of benzene rings is 2. The number of imidazole rings is 1. The molecule has 1 heterocycles. The van der Waals surface area contributed by atoms with Crippen molar-refractivity contribution in [3.05, 3.63) is 65.5 Å². The van der Waals surface area contributed by atoms with Gasteiger partial charge in [0.1, 0.15) is 12.9 Å². The van der Waals surface area contributed by atoms with Gasteiger partial charge in [-0.15, -0.1) is 0 Å². The summed E-state index contributed by atoms with van der Waals surface area (Å²) in [5.74, 6) is -0.718. The first-order valence-corrected chi connectivity index (χ1v) is 7.06. The van der Waals surface area contributed by atoms with Crippen LogP contribution in [0.3, 0.4) is 0 Å². The number of hydrogen-bond acceptors (Lipinski definition) is 4. The van der Waals surface area contributed by atoms with Crippen LogP contribution in [-0.4, -0.2) is 21.8 Å².